The lowest BCUT2D eigenvalue weighted by molar-refractivity contribution is -0.171. The number of carbonyl (C=O) groups is 1. The maximum Gasteiger partial charge on any atom is 0.331 e. The lowest BCUT2D eigenvalue weighted by Crippen LogP contribution is -2.50. The molecule has 2 fully saturated rings. The number of hydrogen-bond acceptors (Lipinski definition) is 12. The van der Waals surface area contributed by atoms with Crippen LogP contribution in [0.3, 0.4) is 0 Å². The Balaban J connectivity index is 1.58. The van der Waals surface area contributed by atoms with Crippen molar-refractivity contribution in [3.63, 3.8) is 0 Å². The van der Waals surface area contributed by atoms with Gasteiger partial charge in [-0.25, -0.2) is 14.8 Å². The van der Waals surface area contributed by atoms with Crippen LogP contribution >= 0.6 is 11.8 Å². The van der Waals surface area contributed by atoms with Gasteiger partial charge in [0, 0.05) is 12.2 Å². The molecule has 0 amide bonds. The van der Waals surface area contributed by atoms with E-state index in [0.29, 0.717) is 28.9 Å². The molecule has 0 bridgehead atoms. The van der Waals surface area contributed by atoms with E-state index < -0.39 is 11.8 Å². The Hall–Kier alpha value is -1.86. The molecule has 2 aliphatic heterocycles. The Morgan fingerprint density at radius 1 is 1.37 bits per heavy atom. The highest BCUT2D eigenvalue weighted by Crippen LogP contribution is 2.44. The molecule has 30 heavy (non-hydrogen) atoms. The lowest BCUT2D eigenvalue weighted by atomic mass is 10.2. The van der Waals surface area contributed by atoms with Gasteiger partial charge in [-0.2, -0.15) is 0 Å². The topological polar surface area (TPSA) is 133 Å². The number of rotatable bonds is 7. The second kappa shape index (κ2) is 8.35. The van der Waals surface area contributed by atoms with E-state index in [-0.39, 0.29) is 31.0 Å². The van der Waals surface area contributed by atoms with E-state index >= 15 is 0 Å². The number of hydrogen-bond donors (Lipinski definition) is 3. The number of esters is 1. The number of anilines is 3. The van der Waals surface area contributed by atoms with Crippen molar-refractivity contribution in [2.24, 2.45) is 0 Å². The zero-order valence-corrected chi connectivity index (χ0v) is 18.3. The molecule has 4 atom stereocenters. The van der Waals surface area contributed by atoms with E-state index in [9.17, 15) is 4.79 Å². The van der Waals surface area contributed by atoms with Crippen LogP contribution in [0.4, 0.5) is 17.3 Å². The second-order valence-corrected chi connectivity index (χ2v) is 8.90. The molecule has 0 aromatic carbocycles. The predicted octanol–water partition coefficient (Wildman–Crippen LogP) is 1.06. The van der Waals surface area contributed by atoms with E-state index in [2.05, 4.69) is 22.9 Å². The first kappa shape index (κ1) is 21.4. The average Bonchev–Trinajstić information content (AvgIpc) is 3.35. The highest BCUT2D eigenvalue weighted by molar-refractivity contribution is 7.99. The van der Waals surface area contributed by atoms with Crippen molar-refractivity contribution in [1.82, 2.24) is 15.5 Å². The number of ether oxygens (including phenoxy) is 4. The number of nitrogens with zero attached hydrogens (tertiary/aromatic N) is 3. The quantitative estimate of drug-likeness (QED) is 0.318. The average molecular weight is 441 g/mol. The molecule has 0 spiro atoms. The van der Waals surface area contributed by atoms with Crippen LogP contribution in [-0.2, 0) is 23.7 Å². The number of aromatic nitrogens is 2. The summed E-state index contributed by atoms with van der Waals surface area (Å²) < 4.78 is 22.8. The van der Waals surface area contributed by atoms with Gasteiger partial charge in [0.2, 0.25) is 0 Å². The highest BCUT2D eigenvalue weighted by atomic mass is 32.2. The van der Waals surface area contributed by atoms with Gasteiger partial charge < -0.3 is 24.7 Å². The van der Waals surface area contributed by atoms with Crippen LogP contribution in [0.1, 0.15) is 33.6 Å². The third-order valence-corrected chi connectivity index (χ3v) is 6.27. The number of carbonyl (C=O) groups excluding carboxylic acids is 1. The summed E-state index contributed by atoms with van der Waals surface area (Å²) in [5, 5.41) is 2.52. The summed E-state index contributed by atoms with van der Waals surface area (Å²) in [7, 11) is 1.33. The molecule has 1 aromatic heterocycles. The molecule has 12 heteroatoms. The minimum Gasteiger partial charge on any atom is -0.467 e. The van der Waals surface area contributed by atoms with E-state index in [1.807, 2.05) is 18.9 Å². The molecule has 166 valence electrons. The number of fused-ring (bicyclic) bond motifs is 2. The zero-order valence-electron chi connectivity index (χ0n) is 17.5. The third kappa shape index (κ3) is 4.02. The van der Waals surface area contributed by atoms with Gasteiger partial charge in [0.25, 0.3) is 0 Å². The van der Waals surface area contributed by atoms with E-state index in [4.69, 9.17) is 29.7 Å². The summed E-state index contributed by atoms with van der Waals surface area (Å²) in [6.07, 6.45) is 0.633. The molecule has 1 aromatic rings. The third-order valence-electron chi connectivity index (χ3n) is 5.22. The van der Waals surface area contributed by atoms with Gasteiger partial charge in [-0.3, -0.25) is 10.4 Å². The molecule has 0 unspecified atom stereocenters. The number of nitrogens with two attached hydrogens (primary N) is 1. The van der Waals surface area contributed by atoms with Gasteiger partial charge in [-0.05, 0) is 20.3 Å². The van der Waals surface area contributed by atoms with Crippen molar-refractivity contribution in [1.29, 1.82) is 0 Å². The first-order chi connectivity index (χ1) is 14.3. The molecule has 1 saturated heterocycles. The number of nitrogens with one attached hydrogen (secondary N) is 2. The number of nitrogen functional groups attached to an aromatic ring is 1. The Labute approximate surface area is 179 Å². The summed E-state index contributed by atoms with van der Waals surface area (Å²) in [6.45, 7) is 5.69. The van der Waals surface area contributed by atoms with E-state index in [1.54, 1.807) is 11.8 Å². The van der Waals surface area contributed by atoms with Crippen molar-refractivity contribution in [3.05, 3.63) is 0 Å². The largest absolute Gasteiger partial charge is 0.467 e. The van der Waals surface area contributed by atoms with E-state index in [1.165, 1.54) is 7.11 Å². The van der Waals surface area contributed by atoms with Crippen molar-refractivity contribution in [2.45, 2.75) is 68.9 Å². The monoisotopic (exact) mass is 440 g/mol. The van der Waals surface area contributed by atoms with Crippen molar-refractivity contribution >= 4 is 35.1 Å². The van der Waals surface area contributed by atoms with Crippen LogP contribution in [0.25, 0.3) is 0 Å². The maximum atomic E-state index is 11.6. The van der Waals surface area contributed by atoms with Crippen LogP contribution < -0.4 is 21.7 Å². The Morgan fingerprint density at radius 2 is 2.13 bits per heavy atom. The molecular formula is C18H28N6O5S. The predicted molar refractivity (Wildman–Crippen MR) is 111 cm³/mol. The normalized spacial score (nSPS) is 28.9. The van der Waals surface area contributed by atoms with Crippen LogP contribution in [0.15, 0.2) is 5.16 Å². The molecule has 1 aliphatic carbocycles. The fourth-order valence-corrected chi connectivity index (χ4v) is 4.66. The standard InChI is InChI=1S/C18H28N6O5S/c1-5-6-30-17-20-15(19)12-16(21-17)24(23-22-12)9-7-10(27-8-11(25)26-4)14-13(9)28-18(2,3)29-14/h9-10,13-14,22-23H,5-8H2,1-4H3,(H2,19,20,21)/t9-,10+,13+,14-/m1/s1. The van der Waals surface area contributed by atoms with Gasteiger partial charge in [-0.1, -0.05) is 18.7 Å². The number of thioether (sulfide) groups is 1. The zero-order chi connectivity index (χ0) is 21.5. The van der Waals surface area contributed by atoms with Crippen molar-refractivity contribution in [2.75, 3.05) is 35.6 Å². The highest BCUT2D eigenvalue weighted by Gasteiger charge is 2.57. The second-order valence-electron chi connectivity index (χ2n) is 7.84. The minimum absolute atomic E-state index is 0.143. The van der Waals surface area contributed by atoms with Gasteiger partial charge in [0.1, 0.15) is 24.5 Å². The van der Waals surface area contributed by atoms with Crippen LogP contribution in [0.5, 0.6) is 0 Å². The fourth-order valence-electron chi connectivity index (χ4n) is 3.96. The number of hydrazine groups is 2. The first-order valence-corrected chi connectivity index (χ1v) is 11.0. The maximum absolute atomic E-state index is 11.6. The summed E-state index contributed by atoms with van der Waals surface area (Å²) in [6, 6.07) is -0.161. The molecule has 3 aliphatic rings. The van der Waals surface area contributed by atoms with Gasteiger partial charge >= 0.3 is 5.97 Å². The Morgan fingerprint density at radius 3 is 2.87 bits per heavy atom. The molecular weight excluding hydrogens is 412 g/mol. The number of methoxy groups -OCH3 is 1. The molecule has 11 nitrogen and oxygen atoms in total. The van der Waals surface area contributed by atoms with Crippen molar-refractivity contribution in [3.8, 4) is 0 Å². The van der Waals surface area contributed by atoms with Gasteiger partial charge in [0.15, 0.2) is 22.6 Å². The molecule has 3 heterocycles. The molecule has 0 radical (unpaired) electrons. The molecule has 4 N–H and O–H groups in total. The SMILES string of the molecule is CCCSc1nc(N)c2c(n1)N([C@@H]1C[C@H](OCC(=O)OC)[C@H]3OC(C)(C)O[C@H]31)NN2. The van der Waals surface area contributed by atoms with Crippen LogP contribution in [0.2, 0.25) is 0 Å². The summed E-state index contributed by atoms with van der Waals surface area (Å²) in [4.78, 5) is 20.6. The fraction of sp³-hybridized carbons (Fsp3) is 0.722. The first-order valence-electron chi connectivity index (χ1n) is 9.98. The molecule has 1 saturated carbocycles. The summed E-state index contributed by atoms with van der Waals surface area (Å²) in [5.74, 6) is 0.751. The van der Waals surface area contributed by atoms with Crippen LogP contribution in [0, 0.1) is 0 Å². The Bertz CT molecular complexity index is 812. The van der Waals surface area contributed by atoms with Crippen molar-refractivity contribution < 1.29 is 23.7 Å². The van der Waals surface area contributed by atoms with Gasteiger partial charge in [0.05, 0.1) is 19.3 Å². The minimum atomic E-state index is -0.760. The summed E-state index contributed by atoms with van der Waals surface area (Å²) >= 11 is 1.56. The van der Waals surface area contributed by atoms with Gasteiger partial charge in [-0.15, -0.1) is 5.53 Å². The lowest BCUT2D eigenvalue weighted by Gasteiger charge is -2.29. The van der Waals surface area contributed by atoms with E-state index in [0.717, 1.165) is 12.2 Å². The summed E-state index contributed by atoms with van der Waals surface area (Å²) in [5.41, 5.74) is 13.0. The molecule has 4 rings (SSSR count). The van der Waals surface area contributed by atoms with Crippen LogP contribution in [-0.4, -0.2) is 65.5 Å². The smallest absolute Gasteiger partial charge is 0.331 e. The Kier molecular flexibility index (Phi) is 5.95.